The molecule has 27 heavy (non-hydrogen) atoms. The number of sulfonamides is 1. The number of anilines is 1. The van der Waals surface area contributed by atoms with E-state index in [1.54, 1.807) is 18.2 Å². The number of halogens is 1. The van der Waals surface area contributed by atoms with Gasteiger partial charge in [-0.2, -0.15) is 0 Å². The summed E-state index contributed by atoms with van der Waals surface area (Å²) in [5.74, 6) is -1.62. The van der Waals surface area contributed by atoms with E-state index >= 15 is 0 Å². The van der Waals surface area contributed by atoms with Crippen LogP contribution in [0.2, 0.25) is 0 Å². The van der Waals surface area contributed by atoms with Crippen LogP contribution in [0.25, 0.3) is 0 Å². The van der Waals surface area contributed by atoms with Gasteiger partial charge in [-0.15, -0.1) is 11.8 Å². The normalized spacial score (nSPS) is 12.3. The van der Waals surface area contributed by atoms with Gasteiger partial charge in [0.1, 0.15) is 5.82 Å². The number of carbonyl (C=O) groups excluding carboxylic acids is 2. The third kappa shape index (κ3) is 6.69. The van der Waals surface area contributed by atoms with Crippen LogP contribution in [0.15, 0.2) is 53.4 Å². The van der Waals surface area contributed by atoms with Crippen LogP contribution in [0.5, 0.6) is 0 Å². The standard InChI is InChI=1S/C18H18FNO5S2/c1-12(25-17(21)11-26-16-6-4-3-5-15(16)19)18(22)13-7-9-14(10-8-13)20-27(2,23)24/h3-10,12,20H,11H2,1-2H3/t12-/m1/s1. The molecule has 0 fully saturated rings. The highest BCUT2D eigenvalue weighted by atomic mass is 32.2. The molecular formula is C18H18FNO5S2. The minimum absolute atomic E-state index is 0.129. The molecule has 0 aliphatic carbocycles. The van der Waals surface area contributed by atoms with Crippen molar-refractivity contribution in [2.45, 2.75) is 17.9 Å². The summed E-state index contributed by atoms with van der Waals surface area (Å²) in [5, 5.41) is 0. The molecule has 0 saturated carbocycles. The van der Waals surface area contributed by atoms with Crippen LogP contribution in [0.3, 0.4) is 0 Å². The fourth-order valence-corrected chi connectivity index (χ4v) is 3.42. The Morgan fingerprint density at radius 3 is 2.37 bits per heavy atom. The van der Waals surface area contributed by atoms with Crippen LogP contribution >= 0.6 is 11.8 Å². The molecule has 0 aliphatic rings. The van der Waals surface area contributed by atoms with Crippen molar-refractivity contribution in [2.75, 3.05) is 16.7 Å². The van der Waals surface area contributed by atoms with E-state index in [2.05, 4.69) is 4.72 Å². The van der Waals surface area contributed by atoms with Crippen molar-refractivity contribution in [3.8, 4) is 0 Å². The van der Waals surface area contributed by atoms with E-state index in [9.17, 15) is 22.4 Å². The molecule has 2 aromatic rings. The predicted molar refractivity (Wildman–Crippen MR) is 102 cm³/mol. The minimum atomic E-state index is -3.41. The Morgan fingerprint density at radius 2 is 1.78 bits per heavy atom. The third-order valence-electron chi connectivity index (χ3n) is 3.33. The Balaban J connectivity index is 1.91. The van der Waals surface area contributed by atoms with Crippen molar-refractivity contribution < 1.29 is 27.1 Å². The molecule has 0 heterocycles. The molecule has 9 heteroatoms. The number of thioether (sulfide) groups is 1. The maximum Gasteiger partial charge on any atom is 0.316 e. The number of ether oxygens (including phenoxy) is 1. The topological polar surface area (TPSA) is 89.5 Å². The second-order valence-electron chi connectivity index (χ2n) is 5.67. The third-order valence-corrected chi connectivity index (χ3v) is 4.96. The van der Waals surface area contributed by atoms with Crippen molar-refractivity contribution in [3.63, 3.8) is 0 Å². The van der Waals surface area contributed by atoms with Crippen molar-refractivity contribution in [2.24, 2.45) is 0 Å². The fraction of sp³-hybridized carbons (Fsp3) is 0.222. The summed E-state index contributed by atoms with van der Waals surface area (Å²) in [6.07, 6.45) is -0.000143. The lowest BCUT2D eigenvalue weighted by molar-refractivity contribution is -0.143. The van der Waals surface area contributed by atoms with Crippen LogP contribution in [0.1, 0.15) is 17.3 Å². The molecule has 0 bridgehead atoms. The average Bonchev–Trinajstić information content (AvgIpc) is 2.59. The molecular weight excluding hydrogens is 393 g/mol. The quantitative estimate of drug-likeness (QED) is 0.408. The van der Waals surface area contributed by atoms with Crippen molar-refractivity contribution in [1.29, 1.82) is 0 Å². The molecule has 0 amide bonds. The summed E-state index contributed by atoms with van der Waals surface area (Å²) in [6.45, 7) is 1.44. The number of nitrogens with one attached hydrogen (secondary N) is 1. The van der Waals surface area contributed by atoms with Gasteiger partial charge in [0.05, 0.1) is 12.0 Å². The van der Waals surface area contributed by atoms with E-state index in [4.69, 9.17) is 4.74 Å². The lowest BCUT2D eigenvalue weighted by Gasteiger charge is -2.13. The van der Waals surface area contributed by atoms with Gasteiger partial charge in [0.2, 0.25) is 15.8 Å². The first kappa shape index (κ1) is 20.9. The molecule has 1 atom stereocenters. The van der Waals surface area contributed by atoms with Gasteiger partial charge < -0.3 is 4.74 Å². The summed E-state index contributed by atoms with van der Waals surface area (Å²) in [6, 6.07) is 11.8. The number of hydrogen-bond acceptors (Lipinski definition) is 6. The molecule has 0 aromatic heterocycles. The Hall–Kier alpha value is -2.39. The summed E-state index contributed by atoms with van der Waals surface area (Å²) >= 11 is 0.986. The number of carbonyl (C=O) groups is 2. The zero-order valence-corrected chi connectivity index (χ0v) is 16.3. The van der Waals surface area contributed by atoms with E-state index in [1.165, 1.54) is 37.3 Å². The van der Waals surface area contributed by atoms with Gasteiger partial charge in [-0.1, -0.05) is 12.1 Å². The van der Waals surface area contributed by atoms with Gasteiger partial charge in [0.25, 0.3) is 0 Å². The molecule has 2 aromatic carbocycles. The van der Waals surface area contributed by atoms with E-state index in [0.29, 0.717) is 10.6 Å². The first-order chi connectivity index (χ1) is 12.7. The van der Waals surface area contributed by atoms with E-state index in [1.807, 2.05) is 0 Å². The van der Waals surface area contributed by atoms with Gasteiger partial charge in [-0.05, 0) is 43.3 Å². The second-order valence-corrected chi connectivity index (χ2v) is 8.43. The maximum absolute atomic E-state index is 13.5. The molecule has 0 aliphatic heterocycles. The van der Waals surface area contributed by atoms with Gasteiger partial charge in [-0.25, -0.2) is 12.8 Å². The Labute approximate surface area is 161 Å². The van der Waals surface area contributed by atoms with Crippen molar-refractivity contribution in [1.82, 2.24) is 0 Å². The van der Waals surface area contributed by atoms with Gasteiger partial charge in [0, 0.05) is 16.1 Å². The largest absolute Gasteiger partial charge is 0.454 e. The minimum Gasteiger partial charge on any atom is -0.454 e. The van der Waals surface area contributed by atoms with Crippen molar-refractivity contribution in [3.05, 3.63) is 59.9 Å². The second kappa shape index (κ2) is 9.01. The molecule has 0 radical (unpaired) electrons. The number of Topliss-reactive ketones (excluding diaryl/α,β-unsaturated/α-hetero) is 1. The number of rotatable bonds is 8. The predicted octanol–water partition coefficient (Wildman–Crippen LogP) is 3.10. The lowest BCUT2D eigenvalue weighted by Crippen LogP contribution is -2.25. The fourth-order valence-electron chi connectivity index (χ4n) is 2.13. The summed E-state index contributed by atoms with van der Waals surface area (Å²) in [5.41, 5.74) is 0.594. The highest BCUT2D eigenvalue weighted by Crippen LogP contribution is 2.21. The van der Waals surface area contributed by atoms with Crippen molar-refractivity contribution >= 4 is 39.2 Å². The SMILES string of the molecule is C[C@@H](OC(=O)CSc1ccccc1F)C(=O)c1ccc(NS(C)(=O)=O)cc1. The van der Waals surface area contributed by atoms with Crippen LogP contribution in [0.4, 0.5) is 10.1 Å². The van der Waals surface area contributed by atoms with Crippen LogP contribution in [0, 0.1) is 5.82 Å². The van der Waals surface area contributed by atoms with Gasteiger partial charge >= 0.3 is 5.97 Å². The van der Waals surface area contributed by atoms with Crippen LogP contribution in [-0.2, 0) is 19.6 Å². The molecule has 0 spiro atoms. The van der Waals surface area contributed by atoms with E-state index in [0.717, 1.165) is 18.0 Å². The number of esters is 1. The number of benzene rings is 2. The first-order valence-corrected chi connectivity index (χ1v) is 10.7. The highest BCUT2D eigenvalue weighted by molar-refractivity contribution is 8.00. The lowest BCUT2D eigenvalue weighted by atomic mass is 10.1. The molecule has 6 nitrogen and oxygen atoms in total. The van der Waals surface area contributed by atoms with Gasteiger partial charge in [0.15, 0.2) is 6.10 Å². The Morgan fingerprint density at radius 1 is 1.15 bits per heavy atom. The number of ketones is 1. The summed E-state index contributed by atoms with van der Waals surface area (Å²) < 4.78 is 43.2. The molecule has 0 saturated heterocycles. The van der Waals surface area contributed by atoms with Crippen LogP contribution in [-0.4, -0.2) is 38.3 Å². The average molecular weight is 411 g/mol. The number of hydrogen-bond donors (Lipinski definition) is 1. The summed E-state index contributed by atoms with van der Waals surface area (Å²) in [4.78, 5) is 24.5. The first-order valence-electron chi connectivity index (χ1n) is 7.84. The smallest absolute Gasteiger partial charge is 0.316 e. The zero-order chi connectivity index (χ0) is 20.0. The molecule has 1 N–H and O–H groups in total. The Bertz CT molecular complexity index is 929. The van der Waals surface area contributed by atoms with Crippen LogP contribution < -0.4 is 4.72 Å². The van der Waals surface area contributed by atoms with E-state index < -0.39 is 33.7 Å². The zero-order valence-electron chi connectivity index (χ0n) is 14.6. The summed E-state index contributed by atoms with van der Waals surface area (Å²) in [7, 11) is -3.41. The monoisotopic (exact) mass is 411 g/mol. The highest BCUT2D eigenvalue weighted by Gasteiger charge is 2.20. The molecule has 2 rings (SSSR count). The van der Waals surface area contributed by atoms with Gasteiger partial charge in [-0.3, -0.25) is 14.3 Å². The maximum atomic E-state index is 13.5. The molecule has 0 unspecified atom stereocenters. The Kier molecular flexibility index (Phi) is 6.98. The molecule has 144 valence electrons. The van der Waals surface area contributed by atoms with E-state index in [-0.39, 0.29) is 11.3 Å².